The molecule has 0 spiro atoms. The Labute approximate surface area is 142 Å². The van der Waals surface area contributed by atoms with E-state index < -0.39 is 0 Å². The van der Waals surface area contributed by atoms with Crippen LogP contribution in [0.5, 0.6) is 0 Å². The zero-order chi connectivity index (χ0) is 17.0. The van der Waals surface area contributed by atoms with E-state index in [9.17, 15) is 4.79 Å². The van der Waals surface area contributed by atoms with E-state index >= 15 is 0 Å². The third-order valence-electron chi connectivity index (χ3n) is 5.19. The standard InChI is InChI=1S/C21H22N2O/c1-13-9-14(2)21(15(3)10-13)23-12-19-17(11-20(23)24)16-7-5-6-8-18(16)22(19)4/h5-10H,11-12H2,1-4H3. The molecule has 122 valence electrons. The molecule has 4 rings (SSSR count). The van der Waals surface area contributed by atoms with Crippen LogP contribution in [0.4, 0.5) is 5.69 Å². The van der Waals surface area contributed by atoms with Crippen LogP contribution in [0.2, 0.25) is 0 Å². The van der Waals surface area contributed by atoms with Gasteiger partial charge in [0.05, 0.1) is 13.0 Å². The minimum absolute atomic E-state index is 0.189. The molecule has 1 aliphatic heterocycles. The zero-order valence-electron chi connectivity index (χ0n) is 14.7. The number of nitrogens with zero attached hydrogens (tertiary/aromatic N) is 2. The van der Waals surface area contributed by atoms with Gasteiger partial charge < -0.3 is 9.47 Å². The van der Waals surface area contributed by atoms with Crippen molar-refractivity contribution in [1.82, 2.24) is 4.57 Å². The van der Waals surface area contributed by atoms with Gasteiger partial charge in [-0.3, -0.25) is 4.79 Å². The Bertz CT molecular complexity index is 958. The Morgan fingerprint density at radius 2 is 1.67 bits per heavy atom. The van der Waals surface area contributed by atoms with Gasteiger partial charge in [-0.05, 0) is 43.5 Å². The minimum Gasteiger partial charge on any atom is -0.346 e. The summed E-state index contributed by atoms with van der Waals surface area (Å²) in [7, 11) is 2.10. The number of benzene rings is 2. The summed E-state index contributed by atoms with van der Waals surface area (Å²) in [6.45, 7) is 6.94. The third-order valence-corrected chi connectivity index (χ3v) is 5.19. The van der Waals surface area contributed by atoms with Crippen molar-refractivity contribution < 1.29 is 4.79 Å². The number of para-hydroxylation sites is 1. The number of hydrogen-bond donors (Lipinski definition) is 0. The van der Waals surface area contributed by atoms with Gasteiger partial charge in [-0.25, -0.2) is 0 Å². The highest BCUT2D eigenvalue weighted by molar-refractivity contribution is 6.01. The van der Waals surface area contributed by atoms with E-state index in [4.69, 9.17) is 0 Å². The average molecular weight is 318 g/mol. The van der Waals surface area contributed by atoms with E-state index in [1.165, 1.54) is 38.9 Å². The molecule has 0 N–H and O–H groups in total. The monoisotopic (exact) mass is 318 g/mol. The Balaban J connectivity index is 1.87. The summed E-state index contributed by atoms with van der Waals surface area (Å²) in [6, 6.07) is 12.7. The van der Waals surface area contributed by atoms with Gasteiger partial charge in [0.1, 0.15) is 0 Å². The van der Waals surface area contributed by atoms with Crippen molar-refractivity contribution in [3.8, 4) is 0 Å². The molecule has 0 saturated heterocycles. The number of aromatic nitrogens is 1. The predicted molar refractivity (Wildman–Crippen MR) is 98.5 cm³/mol. The van der Waals surface area contributed by atoms with Crippen molar-refractivity contribution in [1.29, 1.82) is 0 Å². The van der Waals surface area contributed by atoms with Crippen LogP contribution in [0.25, 0.3) is 10.9 Å². The molecule has 2 heterocycles. The molecule has 3 nitrogen and oxygen atoms in total. The highest BCUT2D eigenvalue weighted by Crippen LogP contribution is 2.35. The molecule has 1 aromatic heterocycles. The molecule has 24 heavy (non-hydrogen) atoms. The fraction of sp³-hybridized carbons (Fsp3) is 0.286. The maximum atomic E-state index is 12.9. The lowest BCUT2D eigenvalue weighted by Crippen LogP contribution is -2.37. The first-order valence-corrected chi connectivity index (χ1v) is 8.40. The van der Waals surface area contributed by atoms with Crippen LogP contribution >= 0.6 is 0 Å². The van der Waals surface area contributed by atoms with Crippen molar-refractivity contribution in [2.75, 3.05) is 4.90 Å². The maximum Gasteiger partial charge on any atom is 0.231 e. The predicted octanol–water partition coefficient (Wildman–Crippen LogP) is 4.19. The van der Waals surface area contributed by atoms with Gasteiger partial charge in [-0.15, -0.1) is 0 Å². The van der Waals surface area contributed by atoms with Crippen molar-refractivity contribution in [3.63, 3.8) is 0 Å². The summed E-state index contributed by atoms with van der Waals surface area (Å²) in [5.41, 5.74) is 8.29. The largest absolute Gasteiger partial charge is 0.346 e. The molecule has 3 heteroatoms. The van der Waals surface area contributed by atoms with Gasteiger partial charge >= 0.3 is 0 Å². The van der Waals surface area contributed by atoms with Gasteiger partial charge in [0.2, 0.25) is 5.91 Å². The number of hydrogen-bond acceptors (Lipinski definition) is 1. The van der Waals surface area contributed by atoms with E-state index in [1.54, 1.807) is 0 Å². The van der Waals surface area contributed by atoms with Crippen LogP contribution in [0.3, 0.4) is 0 Å². The Kier molecular flexibility index (Phi) is 3.27. The summed E-state index contributed by atoms with van der Waals surface area (Å²) < 4.78 is 2.24. The van der Waals surface area contributed by atoms with Crippen LogP contribution in [0.1, 0.15) is 27.9 Å². The number of aryl methyl sites for hydroxylation is 4. The van der Waals surface area contributed by atoms with Gasteiger partial charge in [-0.1, -0.05) is 35.9 Å². The summed E-state index contributed by atoms with van der Waals surface area (Å²) in [4.78, 5) is 14.9. The second-order valence-corrected chi connectivity index (χ2v) is 6.91. The van der Waals surface area contributed by atoms with Crippen LogP contribution < -0.4 is 4.90 Å². The quantitative estimate of drug-likeness (QED) is 0.660. The summed E-state index contributed by atoms with van der Waals surface area (Å²) >= 11 is 0. The van der Waals surface area contributed by atoms with Crippen molar-refractivity contribution in [2.24, 2.45) is 7.05 Å². The molecule has 1 aliphatic rings. The fourth-order valence-electron chi connectivity index (χ4n) is 4.21. The first-order chi connectivity index (χ1) is 11.5. The lowest BCUT2D eigenvalue weighted by molar-refractivity contribution is -0.118. The lowest BCUT2D eigenvalue weighted by Gasteiger charge is -2.31. The van der Waals surface area contributed by atoms with E-state index in [0.717, 1.165) is 5.69 Å². The average Bonchev–Trinajstić information content (AvgIpc) is 2.80. The number of carbonyl (C=O) groups excluding carboxylic acids is 1. The number of carbonyl (C=O) groups is 1. The van der Waals surface area contributed by atoms with Crippen LogP contribution in [0, 0.1) is 20.8 Å². The van der Waals surface area contributed by atoms with Gasteiger partial charge in [0.15, 0.2) is 0 Å². The minimum atomic E-state index is 0.189. The van der Waals surface area contributed by atoms with Gasteiger partial charge in [0, 0.05) is 29.3 Å². The van der Waals surface area contributed by atoms with E-state index in [2.05, 4.69) is 62.7 Å². The second kappa shape index (κ2) is 5.23. The van der Waals surface area contributed by atoms with Gasteiger partial charge in [0.25, 0.3) is 0 Å². The first kappa shape index (κ1) is 15.0. The smallest absolute Gasteiger partial charge is 0.231 e. The van der Waals surface area contributed by atoms with Crippen LogP contribution in [0.15, 0.2) is 36.4 Å². The summed E-state index contributed by atoms with van der Waals surface area (Å²) in [6.07, 6.45) is 0.476. The highest BCUT2D eigenvalue weighted by Gasteiger charge is 2.30. The van der Waals surface area contributed by atoms with Crippen molar-refractivity contribution >= 4 is 22.5 Å². The Morgan fingerprint density at radius 3 is 2.38 bits per heavy atom. The molecule has 0 unspecified atom stereocenters. The molecule has 2 aromatic carbocycles. The number of rotatable bonds is 1. The van der Waals surface area contributed by atoms with E-state index in [0.29, 0.717) is 13.0 Å². The van der Waals surface area contributed by atoms with Gasteiger partial charge in [-0.2, -0.15) is 0 Å². The molecule has 0 bridgehead atoms. The van der Waals surface area contributed by atoms with E-state index in [-0.39, 0.29) is 5.91 Å². The molecule has 0 aliphatic carbocycles. The highest BCUT2D eigenvalue weighted by atomic mass is 16.2. The summed E-state index contributed by atoms with van der Waals surface area (Å²) in [5.74, 6) is 0.189. The normalized spacial score (nSPS) is 14.3. The lowest BCUT2D eigenvalue weighted by atomic mass is 9.99. The van der Waals surface area contributed by atoms with Crippen LogP contribution in [-0.4, -0.2) is 10.5 Å². The van der Waals surface area contributed by atoms with Crippen LogP contribution in [-0.2, 0) is 24.8 Å². The molecule has 0 saturated carbocycles. The maximum absolute atomic E-state index is 12.9. The number of fused-ring (bicyclic) bond motifs is 3. The molecular formula is C21H22N2O. The SMILES string of the molecule is Cc1cc(C)c(N2Cc3c(c4ccccc4n3C)CC2=O)c(C)c1. The van der Waals surface area contributed by atoms with E-state index in [1.807, 2.05) is 11.0 Å². The topological polar surface area (TPSA) is 25.2 Å². The third kappa shape index (κ3) is 2.08. The second-order valence-electron chi connectivity index (χ2n) is 6.91. The number of amides is 1. The molecule has 0 atom stereocenters. The number of anilines is 1. The summed E-state index contributed by atoms with van der Waals surface area (Å²) in [5, 5.41) is 1.21. The molecule has 3 aromatic rings. The Morgan fingerprint density at radius 1 is 1.00 bits per heavy atom. The zero-order valence-corrected chi connectivity index (χ0v) is 14.7. The molecule has 0 radical (unpaired) electrons. The van der Waals surface area contributed by atoms with Crippen molar-refractivity contribution in [3.05, 3.63) is 64.3 Å². The van der Waals surface area contributed by atoms with Crippen molar-refractivity contribution in [2.45, 2.75) is 33.7 Å². The fourth-order valence-corrected chi connectivity index (χ4v) is 4.21. The molecular weight excluding hydrogens is 296 g/mol. The first-order valence-electron chi connectivity index (χ1n) is 8.40. The molecule has 1 amide bonds. The Hall–Kier alpha value is -2.55. The molecule has 0 fully saturated rings.